The summed E-state index contributed by atoms with van der Waals surface area (Å²) in [6, 6.07) is 4.07. The first kappa shape index (κ1) is 15.0. The Kier molecular flexibility index (Phi) is 3.69. The van der Waals surface area contributed by atoms with Crippen LogP contribution in [0.4, 0.5) is 10.2 Å². The lowest BCUT2D eigenvalue weighted by Gasteiger charge is -2.08. The molecular weight excluding hydrogens is 301 g/mol. The Balaban J connectivity index is 2.42. The molecule has 1 aromatic heterocycles. The van der Waals surface area contributed by atoms with Crippen LogP contribution >= 0.6 is 0 Å². The molecule has 0 aliphatic carbocycles. The minimum absolute atomic E-state index is 0.216. The van der Waals surface area contributed by atoms with Crippen molar-refractivity contribution in [2.75, 3.05) is 4.72 Å². The molecule has 0 spiro atoms. The van der Waals surface area contributed by atoms with Crippen molar-refractivity contribution >= 4 is 21.8 Å². The van der Waals surface area contributed by atoms with Crippen molar-refractivity contribution in [3.05, 3.63) is 41.3 Å². The Hall–Kier alpha value is -2.42. The average Bonchev–Trinajstić information content (AvgIpc) is 2.66. The van der Waals surface area contributed by atoms with Crippen LogP contribution < -0.4 is 4.72 Å². The number of carboxylic acid groups (broad SMARTS) is 1. The molecule has 0 saturated heterocycles. The number of aromatic nitrogens is 2. The molecule has 2 aromatic rings. The van der Waals surface area contributed by atoms with E-state index in [2.05, 4.69) is 9.82 Å². The highest BCUT2D eigenvalue weighted by Crippen LogP contribution is 2.19. The Labute approximate surface area is 120 Å². The lowest BCUT2D eigenvalue weighted by Crippen LogP contribution is -2.16. The second kappa shape index (κ2) is 5.17. The number of hydrogen-bond donors (Lipinski definition) is 2. The Bertz CT molecular complexity index is 814. The van der Waals surface area contributed by atoms with Crippen LogP contribution in [0, 0.1) is 12.7 Å². The van der Waals surface area contributed by atoms with Crippen LogP contribution in [-0.2, 0) is 17.1 Å². The van der Waals surface area contributed by atoms with Gasteiger partial charge in [0.2, 0.25) is 0 Å². The highest BCUT2D eigenvalue weighted by Gasteiger charge is 2.20. The van der Waals surface area contributed by atoms with Gasteiger partial charge in [-0.25, -0.2) is 17.6 Å². The van der Waals surface area contributed by atoms with Crippen LogP contribution in [0.25, 0.3) is 0 Å². The number of benzene rings is 1. The van der Waals surface area contributed by atoms with Crippen LogP contribution in [0.1, 0.15) is 16.1 Å². The number of rotatable bonds is 4. The fraction of sp³-hybridized carbons (Fsp3) is 0.167. The quantitative estimate of drug-likeness (QED) is 0.887. The van der Waals surface area contributed by atoms with Gasteiger partial charge in [0.1, 0.15) is 11.6 Å². The summed E-state index contributed by atoms with van der Waals surface area (Å²) in [5, 5.41) is 12.8. The third kappa shape index (κ3) is 3.02. The van der Waals surface area contributed by atoms with E-state index in [1.54, 1.807) is 14.0 Å². The molecule has 0 unspecified atom stereocenters. The number of aromatic carboxylic acids is 1. The zero-order chi connectivity index (χ0) is 15.8. The number of hydrogen-bond acceptors (Lipinski definition) is 4. The summed E-state index contributed by atoms with van der Waals surface area (Å²) < 4.78 is 41.3. The molecule has 0 amide bonds. The predicted octanol–water partition coefficient (Wildman–Crippen LogP) is 1.37. The normalized spacial score (nSPS) is 11.4. The number of carbonyl (C=O) groups is 1. The van der Waals surface area contributed by atoms with Gasteiger partial charge >= 0.3 is 5.97 Å². The van der Waals surface area contributed by atoms with Gasteiger partial charge in [-0.1, -0.05) is 0 Å². The van der Waals surface area contributed by atoms with Gasteiger partial charge in [0.25, 0.3) is 10.0 Å². The van der Waals surface area contributed by atoms with Crippen LogP contribution in [0.15, 0.2) is 29.2 Å². The standard InChI is InChI=1S/C12H12FN3O4S/c1-7-5-11(16(2)14-7)15-21(19,20)8-3-4-10(13)9(6-8)12(17)18/h3-6,15H,1-2H3,(H,17,18). The third-order valence-corrected chi connectivity index (χ3v) is 4.07. The first-order valence-corrected chi connectivity index (χ1v) is 7.25. The SMILES string of the molecule is Cc1cc(NS(=O)(=O)c2ccc(F)c(C(=O)O)c2)n(C)n1. The van der Waals surface area contributed by atoms with Gasteiger partial charge in [-0.2, -0.15) is 5.10 Å². The second-order valence-electron chi connectivity index (χ2n) is 4.35. The lowest BCUT2D eigenvalue weighted by molar-refractivity contribution is 0.0691. The van der Waals surface area contributed by atoms with E-state index < -0.39 is 27.4 Å². The number of nitrogens with zero attached hydrogens (tertiary/aromatic N) is 2. The predicted molar refractivity (Wildman–Crippen MR) is 72.1 cm³/mol. The zero-order valence-electron chi connectivity index (χ0n) is 11.2. The van der Waals surface area contributed by atoms with E-state index >= 15 is 0 Å². The van der Waals surface area contributed by atoms with E-state index in [0.29, 0.717) is 5.69 Å². The monoisotopic (exact) mass is 313 g/mol. The summed E-state index contributed by atoms with van der Waals surface area (Å²) in [6.45, 7) is 1.69. The minimum atomic E-state index is -4.04. The molecule has 1 heterocycles. The molecule has 7 nitrogen and oxygen atoms in total. The van der Waals surface area contributed by atoms with Crippen molar-refractivity contribution in [2.24, 2.45) is 7.05 Å². The summed E-state index contributed by atoms with van der Waals surface area (Å²) >= 11 is 0. The molecular formula is C12H12FN3O4S. The molecule has 0 fully saturated rings. The van der Waals surface area contributed by atoms with Gasteiger partial charge in [-0.15, -0.1) is 0 Å². The maximum atomic E-state index is 13.3. The van der Waals surface area contributed by atoms with Crippen molar-refractivity contribution in [3.63, 3.8) is 0 Å². The Morgan fingerprint density at radius 1 is 1.38 bits per heavy atom. The summed E-state index contributed by atoms with van der Waals surface area (Å²) in [6.07, 6.45) is 0. The van der Waals surface area contributed by atoms with Gasteiger partial charge in [0.05, 0.1) is 16.2 Å². The molecule has 2 rings (SSSR count). The lowest BCUT2D eigenvalue weighted by atomic mass is 10.2. The fourth-order valence-electron chi connectivity index (χ4n) is 1.74. The number of sulfonamides is 1. The molecule has 0 aliphatic heterocycles. The third-order valence-electron chi connectivity index (χ3n) is 2.72. The van der Waals surface area contributed by atoms with Crippen LogP contribution in [-0.4, -0.2) is 29.3 Å². The van der Waals surface area contributed by atoms with E-state index in [1.807, 2.05) is 0 Å². The number of aryl methyl sites for hydroxylation is 2. The van der Waals surface area contributed by atoms with Crippen LogP contribution in [0.3, 0.4) is 0 Å². The first-order chi connectivity index (χ1) is 9.70. The van der Waals surface area contributed by atoms with Gasteiger partial charge in [-0.05, 0) is 25.1 Å². The highest BCUT2D eigenvalue weighted by molar-refractivity contribution is 7.92. The smallest absolute Gasteiger partial charge is 0.338 e. The maximum absolute atomic E-state index is 13.3. The van der Waals surface area contributed by atoms with Crippen molar-refractivity contribution in [2.45, 2.75) is 11.8 Å². The summed E-state index contributed by atoms with van der Waals surface area (Å²) in [5.74, 6) is -2.33. The topological polar surface area (TPSA) is 101 Å². The summed E-state index contributed by atoms with van der Waals surface area (Å²) in [5.41, 5.74) is -0.0976. The largest absolute Gasteiger partial charge is 0.478 e. The minimum Gasteiger partial charge on any atom is -0.478 e. The second-order valence-corrected chi connectivity index (χ2v) is 6.03. The molecule has 9 heteroatoms. The van der Waals surface area contributed by atoms with E-state index in [4.69, 9.17) is 5.11 Å². The van der Waals surface area contributed by atoms with Gasteiger partial charge in [-0.3, -0.25) is 9.40 Å². The maximum Gasteiger partial charge on any atom is 0.338 e. The molecule has 0 radical (unpaired) electrons. The molecule has 0 bridgehead atoms. The van der Waals surface area contributed by atoms with E-state index in [9.17, 15) is 17.6 Å². The molecule has 21 heavy (non-hydrogen) atoms. The molecule has 0 saturated carbocycles. The van der Waals surface area contributed by atoms with Crippen LogP contribution in [0.2, 0.25) is 0 Å². The van der Waals surface area contributed by atoms with Gasteiger partial charge < -0.3 is 5.11 Å². The first-order valence-electron chi connectivity index (χ1n) is 5.77. The highest BCUT2D eigenvalue weighted by atomic mass is 32.2. The number of anilines is 1. The Morgan fingerprint density at radius 3 is 2.57 bits per heavy atom. The summed E-state index contributed by atoms with van der Waals surface area (Å²) in [4.78, 5) is 10.5. The number of halogens is 1. The van der Waals surface area contributed by atoms with Crippen molar-refractivity contribution < 1.29 is 22.7 Å². The number of nitrogens with one attached hydrogen (secondary N) is 1. The fourth-order valence-corrected chi connectivity index (χ4v) is 2.84. The van der Waals surface area contributed by atoms with Crippen LogP contribution in [0.5, 0.6) is 0 Å². The molecule has 2 N–H and O–H groups in total. The number of carboxylic acids is 1. The molecule has 0 aliphatic rings. The van der Waals surface area contributed by atoms with E-state index in [1.165, 1.54) is 10.7 Å². The van der Waals surface area contributed by atoms with Gasteiger partial charge in [0.15, 0.2) is 0 Å². The molecule has 0 atom stereocenters. The Morgan fingerprint density at radius 2 is 2.05 bits per heavy atom. The summed E-state index contributed by atoms with van der Waals surface area (Å²) in [7, 11) is -2.48. The van der Waals surface area contributed by atoms with E-state index in [0.717, 1.165) is 18.2 Å². The van der Waals surface area contributed by atoms with Crippen molar-refractivity contribution in [3.8, 4) is 0 Å². The zero-order valence-corrected chi connectivity index (χ0v) is 12.0. The van der Waals surface area contributed by atoms with Crippen molar-refractivity contribution in [1.82, 2.24) is 9.78 Å². The van der Waals surface area contributed by atoms with Gasteiger partial charge in [0, 0.05) is 13.1 Å². The van der Waals surface area contributed by atoms with E-state index in [-0.39, 0.29) is 10.7 Å². The molecule has 1 aromatic carbocycles. The van der Waals surface area contributed by atoms with Crippen molar-refractivity contribution in [1.29, 1.82) is 0 Å². The average molecular weight is 313 g/mol. The molecule has 112 valence electrons.